The SMILES string of the molecule is Cc1cc(OCCCNCC(C)C)cc(C)c1Br. The van der Waals surface area contributed by atoms with Crippen LogP contribution in [-0.2, 0) is 0 Å². The van der Waals surface area contributed by atoms with E-state index < -0.39 is 0 Å². The molecule has 0 unspecified atom stereocenters. The van der Waals surface area contributed by atoms with Crippen LogP contribution in [0.5, 0.6) is 5.75 Å². The van der Waals surface area contributed by atoms with Crippen LogP contribution in [0.3, 0.4) is 0 Å². The largest absolute Gasteiger partial charge is 0.494 e. The summed E-state index contributed by atoms with van der Waals surface area (Å²) in [4.78, 5) is 0. The van der Waals surface area contributed by atoms with E-state index in [0.29, 0.717) is 5.92 Å². The van der Waals surface area contributed by atoms with Crippen LogP contribution in [0.25, 0.3) is 0 Å². The summed E-state index contributed by atoms with van der Waals surface area (Å²) in [6, 6.07) is 4.16. The Labute approximate surface area is 119 Å². The number of aryl methyl sites for hydroxylation is 2. The third kappa shape index (κ3) is 5.40. The lowest BCUT2D eigenvalue weighted by atomic mass is 10.1. The molecule has 0 heterocycles. The van der Waals surface area contributed by atoms with E-state index in [2.05, 4.69) is 61.1 Å². The summed E-state index contributed by atoms with van der Waals surface area (Å²) in [5, 5.41) is 3.42. The number of ether oxygens (including phenoxy) is 1. The standard InChI is InChI=1S/C15H24BrNO/c1-11(2)10-17-6-5-7-18-14-8-12(3)15(16)13(4)9-14/h8-9,11,17H,5-7,10H2,1-4H3. The van der Waals surface area contributed by atoms with Gasteiger partial charge in [0.15, 0.2) is 0 Å². The highest BCUT2D eigenvalue weighted by Crippen LogP contribution is 2.26. The molecular weight excluding hydrogens is 290 g/mol. The summed E-state index contributed by atoms with van der Waals surface area (Å²) < 4.78 is 6.94. The van der Waals surface area contributed by atoms with E-state index in [9.17, 15) is 0 Å². The van der Waals surface area contributed by atoms with Gasteiger partial charge in [0, 0.05) is 4.47 Å². The lowest BCUT2D eigenvalue weighted by Gasteiger charge is -2.11. The molecule has 0 saturated carbocycles. The Morgan fingerprint density at radius 3 is 2.39 bits per heavy atom. The molecule has 0 aliphatic heterocycles. The summed E-state index contributed by atoms with van der Waals surface area (Å²) in [6.45, 7) is 11.5. The fraction of sp³-hybridized carbons (Fsp3) is 0.600. The molecule has 0 amide bonds. The second-order valence-corrected chi connectivity index (χ2v) is 5.96. The van der Waals surface area contributed by atoms with E-state index in [0.717, 1.165) is 31.9 Å². The van der Waals surface area contributed by atoms with Crippen LogP contribution in [0.2, 0.25) is 0 Å². The van der Waals surface area contributed by atoms with Crippen molar-refractivity contribution in [2.75, 3.05) is 19.7 Å². The topological polar surface area (TPSA) is 21.3 Å². The van der Waals surface area contributed by atoms with E-state index >= 15 is 0 Å². The maximum atomic E-state index is 5.77. The van der Waals surface area contributed by atoms with Gasteiger partial charge in [-0.15, -0.1) is 0 Å². The summed E-state index contributed by atoms with van der Waals surface area (Å²) in [7, 11) is 0. The molecule has 3 heteroatoms. The van der Waals surface area contributed by atoms with Gasteiger partial charge in [-0.2, -0.15) is 0 Å². The maximum Gasteiger partial charge on any atom is 0.119 e. The maximum absolute atomic E-state index is 5.77. The van der Waals surface area contributed by atoms with Gasteiger partial charge in [0.05, 0.1) is 6.61 Å². The molecule has 2 nitrogen and oxygen atoms in total. The zero-order valence-electron chi connectivity index (χ0n) is 11.8. The van der Waals surface area contributed by atoms with Gasteiger partial charge in [0.1, 0.15) is 5.75 Å². The van der Waals surface area contributed by atoms with Gasteiger partial charge in [-0.1, -0.05) is 29.8 Å². The summed E-state index contributed by atoms with van der Waals surface area (Å²) in [5.41, 5.74) is 2.45. The average molecular weight is 314 g/mol. The van der Waals surface area contributed by atoms with Crippen LogP contribution in [-0.4, -0.2) is 19.7 Å². The average Bonchev–Trinajstić information content (AvgIpc) is 2.30. The van der Waals surface area contributed by atoms with Crippen molar-refractivity contribution in [2.24, 2.45) is 5.92 Å². The smallest absolute Gasteiger partial charge is 0.119 e. The van der Waals surface area contributed by atoms with Crippen molar-refractivity contribution in [1.82, 2.24) is 5.32 Å². The van der Waals surface area contributed by atoms with Crippen molar-refractivity contribution in [1.29, 1.82) is 0 Å². The Hall–Kier alpha value is -0.540. The molecule has 1 aromatic rings. The molecule has 0 atom stereocenters. The molecule has 102 valence electrons. The van der Waals surface area contributed by atoms with Crippen molar-refractivity contribution in [2.45, 2.75) is 34.1 Å². The fourth-order valence-electron chi connectivity index (χ4n) is 1.77. The van der Waals surface area contributed by atoms with Crippen molar-refractivity contribution in [3.8, 4) is 5.75 Å². The minimum atomic E-state index is 0.711. The van der Waals surface area contributed by atoms with Crippen LogP contribution in [0.1, 0.15) is 31.4 Å². The van der Waals surface area contributed by atoms with E-state index in [-0.39, 0.29) is 0 Å². The van der Waals surface area contributed by atoms with Crippen molar-refractivity contribution >= 4 is 15.9 Å². The van der Waals surface area contributed by atoms with E-state index in [1.165, 1.54) is 15.6 Å². The molecule has 18 heavy (non-hydrogen) atoms. The van der Waals surface area contributed by atoms with Crippen molar-refractivity contribution < 1.29 is 4.74 Å². The van der Waals surface area contributed by atoms with E-state index in [1.807, 2.05) is 0 Å². The Kier molecular flexibility index (Phi) is 6.72. The molecule has 0 saturated heterocycles. The first kappa shape index (κ1) is 15.5. The number of hydrogen-bond acceptors (Lipinski definition) is 2. The second-order valence-electron chi connectivity index (χ2n) is 5.17. The molecular formula is C15H24BrNO. The predicted molar refractivity (Wildman–Crippen MR) is 81.4 cm³/mol. The quantitative estimate of drug-likeness (QED) is 0.766. The Morgan fingerprint density at radius 2 is 1.83 bits per heavy atom. The van der Waals surface area contributed by atoms with Crippen LogP contribution >= 0.6 is 15.9 Å². The highest BCUT2D eigenvalue weighted by molar-refractivity contribution is 9.10. The van der Waals surface area contributed by atoms with E-state index in [4.69, 9.17) is 4.74 Å². The zero-order chi connectivity index (χ0) is 13.5. The Morgan fingerprint density at radius 1 is 1.22 bits per heavy atom. The van der Waals surface area contributed by atoms with Gasteiger partial charge in [0.25, 0.3) is 0 Å². The van der Waals surface area contributed by atoms with Crippen molar-refractivity contribution in [3.63, 3.8) is 0 Å². The number of nitrogens with one attached hydrogen (secondary N) is 1. The molecule has 0 fully saturated rings. The van der Waals surface area contributed by atoms with Crippen LogP contribution in [0.15, 0.2) is 16.6 Å². The first-order valence-corrected chi connectivity index (χ1v) is 7.40. The van der Waals surface area contributed by atoms with Gasteiger partial charge in [-0.05, 0) is 62.5 Å². The zero-order valence-corrected chi connectivity index (χ0v) is 13.4. The number of rotatable bonds is 7. The first-order chi connectivity index (χ1) is 8.50. The molecule has 1 rings (SSSR count). The third-order valence-electron chi connectivity index (χ3n) is 2.73. The predicted octanol–water partition coefficient (Wildman–Crippen LogP) is 4.08. The number of halogens is 1. The van der Waals surface area contributed by atoms with Crippen molar-refractivity contribution in [3.05, 3.63) is 27.7 Å². The monoisotopic (exact) mass is 313 g/mol. The molecule has 0 aliphatic carbocycles. The van der Waals surface area contributed by atoms with Gasteiger partial charge in [-0.3, -0.25) is 0 Å². The third-order valence-corrected chi connectivity index (χ3v) is 3.98. The van der Waals surface area contributed by atoms with Crippen LogP contribution in [0.4, 0.5) is 0 Å². The highest BCUT2D eigenvalue weighted by Gasteiger charge is 2.02. The Bertz CT molecular complexity index is 354. The molecule has 0 radical (unpaired) electrons. The summed E-state index contributed by atoms with van der Waals surface area (Å²) >= 11 is 3.56. The summed E-state index contributed by atoms with van der Waals surface area (Å²) in [5.74, 6) is 1.68. The lowest BCUT2D eigenvalue weighted by Crippen LogP contribution is -2.22. The molecule has 0 aromatic heterocycles. The molecule has 1 aromatic carbocycles. The molecule has 0 bridgehead atoms. The first-order valence-electron chi connectivity index (χ1n) is 6.61. The normalized spacial score (nSPS) is 11.0. The fourth-order valence-corrected chi connectivity index (χ4v) is 2.00. The Balaban J connectivity index is 2.27. The van der Waals surface area contributed by atoms with Gasteiger partial charge in [-0.25, -0.2) is 0 Å². The van der Waals surface area contributed by atoms with Gasteiger partial charge < -0.3 is 10.1 Å². The van der Waals surface area contributed by atoms with Gasteiger partial charge >= 0.3 is 0 Å². The highest BCUT2D eigenvalue weighted by atomic mass is 79.9. The number of hydrogen-bond donors (Lipinski definition) is 1. The van der Waals surface area contributed by atoms with Gasteiger partial charge in [0.2, 0.25) is 0 Å². The minimum Gasteiger partial charge on any atom is -0.494 e. The summed E-state index contributed by atoms with van der Waals surface area (Å²) in [6.07, 6.45) is 1.04. The molecule has 0 aliphatic rings. The molecule has 1 N–H and O–H groups in total. The van der Waals surface area contributed by atoms with E-state index in [1.54, 1.807) is 0 Å². The second kappa shape index (κ2) is 7.80. The minimum absolute atomic E-state index is 0.711. The molecule has 0 spiro atoms. The van der Waals surface area contributed by atoms with Crippen LogP contribution < -0.4 is 10.1 Å². The van der Waals surface area contributed by atoms with Crippen LogP contribution in [0, 0.1) is 19.8 Å². The lowest BCUT2D eigenvalue weighted by molar-refractivity contribution is 0.306. The number of benzene rings is 1.